The van der Waals surface area contributed by atoms with Crippen molar-refractivity contribution < 1.29 is 8.78 Å². The van der Waals surface area contributed by atoms with Crippen molar-refractivity contribution in [3.63, 3.8) is 0 Å². The Bertz CT molecular complexity index is 331. The smallest absolute Gasteiger partial charge is 0.257 e. The minimum atomic E-state index is -2.35. The van der Waals surface area contributed by atoms with E-state index in [1.54, 1.807) is 12.4 Å². The Hall–Kier alpha value is -0.970. The number of nitrogens with two attached hydrogens (primary N) is 1. The number of hydrogen-bond donors (Lipinski definition) is 1. The fourth-order valence-electron chi connectivity index (χ4n) is 1.58. The summed E-state index contributed by atoms with van der Waals surface area (Å²) in [4.78, 5) is 0. The molecule has 0 atom stereocenters. The number of halogens is 2. The molecule has 15 heavy (non-hydrogen) atoms. The third kappa shape index (κ3) is 2.99. The van der Waals surface area contributed by atoms with Gasteiger partial charge < -0.3 is 5.73 Å². The zero-order valence-electron chi connectivity index (χ0n) is 8.50. The molecule has 0 unspecified atom stereocenters. The molecule has 0 amide bonds. The van der Waals surface area contributed by atoms with E-state index in [0.717, 1.165) is 31.2 Å². The second-order valence-corrected chi connectivity index (χ2v) is 4.32. The molecular formula is C10H15F2N3. The van der Waals surface area contributed by atoms with Crippen LogP contribution in [0.25, 0.3) is 0 Å². The molecule has 1 aromatic rings. The Morgan fingerprint density at radius 1 is 1.53 bits per heavy atom. The van der Waals surface area contributed by atoms with Crippen molar-refractivity contribution in [2.24, 2.45) is 5.73 Å². The van der Waals surface area contributed by atoms with Gasteiger partial charge in [-0.15, -0.1) is 0 Å². The highest BCUT2D eigenvalue weighted by molar-refractivity contribution is 5.08. The van der Waals surface area contributed by atoms with Crippen molar-refractivity contribution in [1.82, 2.24) is 9.78 Å². The Balaban J connectivity index is 1.84. The standard InChI is InChI=1S/C10H15F2N3/c11-9(12)7-15-6-8(5-14-15)1-2-10(13)3-4-10/h5-6,9H,1-4,7,13H2. The third-order valence-corrected chi connectivity index (χ3v) is 2.82. The summed E-state index contributed by atoms with van der Waals surface area (Å²) in [6, 6.07) is 0. The molecular weight excluding hydrogens is 200 g/mol. The molecule has 0 saturated heterocycles. The van der Waals surface area contributed by atoms with Crippen LogP contribution in [-0.2, 0) is 13.0 Å². The van der Waals surface area contributed by atoms with Gasteiger partial charge in [-0.3, -0.25) is 4.68 Å². The number of alkyl halides is 2. The van der Waals surface area contributed by atoms with E-state index in [9.17, 15) is 8.78 Å². The zero-order chi connectivity index (χ0) is 10.9. The van der Waals surface area contributed by atoms with E-state index in [4.69, 9.17) is 5.73 Å². The van der Waals surface area contributed by atoms with Gasteiger partial charge in [0.1, 0.15) is 6.54 Å². The van der Waals surface area contributed by atoms with Crippen LogP contribution in [0.4, 0.5) is 8.78 Å². The lowest BCUT2D eigenvalue weighted by Gasteiger charge is -2.05. The lowest BCUT2D eigenvalue weighted by molar-refractivity contribution is 0.122. The number of hydrogen-bond acceptors (Lipinski definition) is 2. The Morgan fingerprint density at radius 2 is 2.27 bits per heavy atom. The molecule has 0 bridgehead atoms. The van der Waals surface area contributed by atoms with Gasteiger partial charge in [0.15, 0.2) is 0 Å². The fourth-order valence-corrected chi connectivity index (χ4v) is 1.58. The van der Waals surface area contributed by atoms with Crippen LogP contribution in [-0.4, -0.2) is 21.7 Å². The molecule has 0 spiro atoms. The summed E-state index contributed by atoms with van der Waals surface area (Å²) in [5.41, 5.74) is 6.95. The van der Waals surface area contributed by atoms with Gasteiger partial charge in [0, 0.05) is 11.7 Å². The van der Waals surface area contributed by atoms with Gasteiger partial charge in [0.2, 0.25) is 0 Å². The van der Waals surface area contributed by atoms with Crippen molar-refractivity contribution in [3.8, 4) is 0 Å². The van der Waals surface area contributed by atoms with E-state index in [1.807, 2.05) is 0 Å². The van der Waals surface area contributed by atoms with Crippen molar-refractivity contribution >= 4 is 0 Å². The molecule has 1 aliphatic carbocycles. The number of rotatable bonds is 5. The first-order valence-electron chi connectivity index (χ1n) is 5.16. The topological polar surface area (TPSA) is 43.8 Å². The quantitative estimate of drug-likeness (QED) is 0.810. The first kappa shape index (κ1) is 10.5. The molecule has 5 heteroatoms. The number of aromatic nitrogens is 2. The fraction of sp³-hybridized carbons (Fsp3) is 0.700. The largest absolute Gasteiger partial charge is 0.325 e. The molecule has 1 aliphatic rings. The molecule has 2 rings (SSSR count). The first-order valence-corrected chi connectivity index (χ1v) is 5.16. The molecule has 1 saturated carbocycles. The van der Waals surface area contributed by atoms with Gasteiger partial charge in [-0.1, -0.05) is 0 Å². The van der Waals surface area contributed by atoms with Crippen LogP contribution in [0.2, 0.25) is 0 Å². The van der Waals surface area contributed by atoms with Crippen LogP contribution in [0.3, 0.4) is 0 Å². The van der Waals surface area contributed by atoms with E-state index in [-0.39, 0.29) is 12.1 Å². The van der Waals surface area contributed by atoms with Crippen LogP contribution < -0.4 is 5.73 Å². The maximum atomic E-state index is 12.0. The minimum Gasteiger partial charge on any atom is -0.325 e. The lowest BCUT2D eigenvalue weighted by atomic mass is 10.1. The average molecular weight is 215 g/mol. The van der Waals surface area contributed by atoms with Crippen molar-refractivity contribution in [2.75, 3.05) is 0 Å². The van der Waals surface area contributed by atoms with E-state index in [0.29, 0.717) is 0 Å². The highest BCUT2D eigenvalue weighted by atomic mass is 19.3. The Labute approximate surface area is 87.3 Å². The van der Waals surface area contributed by atoms with E-state index >= 15 is 0 Å². The monoisotopic (exact) mass is 215 g/mol. The van der Waals surface area contributed by atoms with Crippen LogP contribution in [0.15, 0.2) is 12.4 Å². The Morgan fingerprint density at radius 3 is 2.87 bits per heavy atom. The summed E-state index contributed by atoms with van der Waals surface area (Å²) < 4.78 is 25.4. The van der Waals surface area contributed by atoms with Gasteiger partial charge >= 0.3 is 0 Å². The summed E-state index contributed by atoms with van der Waals surface area (Å²) in [5.74, 6) is 0. The normalized spacial score (nSPS) is 18.4. The minimum absolute atomic E-state index is 0.0187. The molecule has 84 valence electrons. The van der Waals surface area contributed by atoms with E-state index in [1.165, 1.54) is 4.68 Å². The van der Waals surface area contributed by atoms with Crippen LogP contribution >= 0.6 is 0 Å². The predicted molar refractivity (Wildman–Crippen MR) is 52.7 cm³/mol. The third-order valence-electron chi connectivity index (χ3n) is 2.82. The summed E-state index contributed by atoms with van der Waals surface area (Å²) in [6.45, 7) is -0.326. The van der Waals surface area contributed by atoms with E-state index in [2.05, 4.69) is 5.10 Å². The lowest BCUT2D eigenvalue weighted by Crippen LogP contribution is -2.21. The van der Waals surface area contributed by atoms with Crippen molar-refractivity contribution in [1.29, 1.82) is 0 Å². The molecule has 1 aromatic heterocycles. The second-order valence-electron chi connectivity index (χ2n) is 4.32. The molecule has 0 aliphatic heterocycles. The molecule has 2 N–H and O–H groups in total. The van der Waals surface area contributed by atoms with Crippen molar-refractivity contribution in [2.45, 2.75) is 44.2 Å². The van der Waals surface area contributed by atoms with Gasteiger partial charge in [0.25, 0.3) is 6.43 Å². The molecule has 0 aromatic carbocycles. The summed E-state index contributed by atoms with van der Waals surface area (Å²) >= 11 is 0. The van der Waals surface area contributed by atoms with Crippen LogP contribution in [0.1, 0.15) is 24.8 Å². The number of aryl methyl sites for hydroxylation is 1. The highest BCUT2D eigenvalue weighted by Crippen LogP contribution is 2.36. The molecule has 1 fully saturated rings. The number of nitrogens with zero attached hydrogens (tertiary/aromatic N) is 2. The SMILES string of the molecule is NC1(CCc2cnn(CC(F)F)c2)CC1. The first-order chi connectivity index (χ1) is 7.07. The van der Waals surface area contributed by atoms with Gasteiger partial charge in [-0.25, -0.2) is 8.78 Å². The van der Waals surface area contributed by atoms with Crippen molar-refractivity contribution in [3.05, 3.63) is 18.0 Å². The molecule has 0 radical (unpaired) electrons. The maximum absolute atomic E-state index is 12.0. The highest BCUT2D eigenvalue weighted by Gasteiger charge is 2.37. The molecule has 1 heterocycles. The summed E-state index contributed by atoms with van der Waals surface area (Å²) in [5, 5.41) is 3.87. The maximum Gasteiger partial charge on any atom is 0.257 e. The second kappa shape index (κ2) is 3.89. The van der Waals surface area contributed by atoms with Gasteiger partial charge in [-0.2, -0.15) is 5.10 Å². The Kier molecular flexibility index (Phi) is 2.73. The van der Waals surface area contributed by atoms with E-state index < -0.39 is 6.43 Å². The van der Waals surface area contributed by atoms with Crippen LogP contribution in [0, 0.1) is 0 Å². The van der Waals surface area contributed by atoms with Crippen LogP contribution in [0.5, 0.6) is 0 Å². The molecule has 3 nitrogen and oxygen atoms in total. The predicted octanol–water partition coefficient (Wildman–Crippen LogP) is 1.57. The summed E-state index contributed by atoms with van der Waals surface area (Å²) in [6.07, 6.45) is 4.90. The summed E-state index contributed by atoms with van der Waals surface area (Å²) in [7, 11) is 0. The average Bonchev–Trinajstić information content (AvgIpc) is 2.73. The zero-order valence-corrected chi connectivity index (χ0v) is 8.50. The van der Waals surface area contributed by atoms with Gasteiger partial charge in [0.05, 0.1) is 6.20 Å². The van der Waals surface area contributed by atoms with Gasteiger partial charge in [-0.05, 0) is 31.2 Å².